The van der Waals surface area contributed by atoms with Gasteiger partial charge in [0.15, 0.2) is 0 Å². The Hall–Kier alpha value is -0.590. The van der Waals surface area contributed by atoms with Crippen molar-refractivity contribution >= 4 is 45.8 Å². The molecular weight excluding hydrogens is 351 g/mol. The van der Waals surface area contributed by atoms with Crippen LogP contribution in [0.15, 0.2) is 29.3 Å². The maximum atomic E-state index is 12.0. The molecule has 0 spiro atoms. The van der Waals surface area contributed by atoms with Gasteiger partial charge in [-0.15, -0.1) is 0 Å². The zero-order valence-electron chi connectivity index (χ0n) is 9.31. The van der Waals surface area contributed by atoms with Crippen molar-refractivity contribution in [1.29, 1.82) is 0 Å². The molecule has 1 amide bonds. The van der Waals surface area contributed by atoms with Gasteiger partial charge < -0.3 is 10.6 Å². The van der Waals surface area contributed by atoms with Crippen molar-refractivity contribution in [2.24, 2.45) is 0 Å². The second-order valence-corrected chi connectivity index (χ2v) is 5.51. The van der Waals surface area contributed by atoms with Gasteiger partial charge in [-0.25, -0.2) is 0 Å². The van der Waals surface area contributed by atoms with E-state index in [-0.39, 0.29) is 5.91 Å². The van der Waals surface area contributed by atoms with Gasteiger partial charge in [0.25, 0.3) is 5.91 Å². The Kier molecular flexibility index (Phi) is 4.06. The van der Waals surface area contributed by atoms with Crippen LogP contribution in [-0.2, 0) is 4.79 Å². The minimum absolute atomic E-state index is 0.0401. The maximum Gasteiger partial charge on any atom is 0.251 e. The van der Waals surface area contributed by atoms with Crippen LogP contribution in [0.3, 0.4) is 0 Å². The fourth-order valence-electron chi connectivity index (χ4n) is 1.48. The van der Waals surface area contributed by atoms with Crippen LogP contribution in [0.4, 0.5) is 5.69 Å². The molecule has 1 aromatic carbocycles. The second-order valence-electron chi connectivity index (χ2n) is 3.91. The van der Waals surface area contributed by atoms with Crippen LogP contribution in [0.1, 0.15) is 6.92 Å². The Bertz CT molecular complexity index is 493. The minimum atomic E-state index is -0.0401. The number of anilines is 1. The zero-order chi connectivity index (χ0) is 12.4. The highest BCUT2D eigenvalue weighted by molar-refractivity contribution is 14.1. The predicted octanol–water partition coefficient (Wildman–Crippen LogP) is 2.80. The molecule has 2 N–H and O–H groups in total. The van der Waals surface area contributed by atoms with Gasteiger partial charge in [0, 0.05) is 27.3 Å². The van der Waals surface area contributed by atoms with Crippen molar-refractivity contribution in [1.82, 2.24) is 5.32 Å². The van der Waals surface area contributed by atoms with E-state index in [2.05, 4.69) is 33.2 Å². The highest BCUT2D eigenvalue weighted by Crippen LogP contribution is 2.23. The van der Waals surface area contributed by atoms with Gasteiger partial charge >= 0.3 is 0 Å². The molecule has 5 heteroatoms. The Morgan fingerprint density at radius 2 is 2.18 bits per heavy atom. The number of hydrogen-bond acceptors (Lipinski definition) is 2. The lowest BCUT2D eigenvalue weighted by Gasteiger charge is -2.21. The summed E-state index contributed by atoms with van der Waals surface area (Å²) in [5.74, 6) is -0.0401. The normalized spacial score (nSPS) is 14.2. The summed E-state index contributed by atoms with van der Waals surface area (Å²) in [6.45, 7) is 3.49. The fraction of sp³-hybridized carbons (Fsp3) is 0.250. The van der Waals surface area contributed by atoms with Gasteiger partial charge in [0.1, 0.15) is 0 Å². The highest BCUT2D eigenvalue weighted by Gasteiger charge is 2.16. The van der Waals surface area contributed by atoms with E-state index in [1.54, 1.807) is 6.07 Å². The number of halogens is 2. The molecule has 2 rings (SSSR count). The molecule has 1 heterocycles. The molecule has 17 heavy (non-hydrogen) atoms. The maximum absolute atomic E-state index is 12.0. The molecule has 1 saturated heterocycles. The van der Waals surface area contributed by atoms with E-state index in [0.717, 1.165) is 27.9 Å². The number of amides is 1. The first-order valence-electron chi connectivity index (χ1n) is 5.23. The molecule has 1 fully saturated rings. The summed E-state index contributed by atoms with van der Waals surface area (Å²) in [7, 11) is 0. The van der Waals surface area contributed by atoms with E-state index in [1.807, 2.05) is 19.1 Å². The fourth-order valence-corrected chi connectivity index (χ4v) is 2.49. The number of carbonyl (C=O) groups is 1. The van der Waals surface area contributed by atoms with Crippen molar-refractivity contribution < 1.29 is 4.79 Å². The summed E-state index contributed by atoms with van der Waals surface area (Å²) in [5, 5.41) is 6.69. The molecule has 3 nitrogen and oxygen atoms in total. The van der Waals surface area contributed by atoms with Crippen molar-refractivity contribution in [2.75, 3.05) is 18.4 Å². The van der Waals surface area contributed by atoms with E-state index < -0.39 is 0 Å². The van der Waals surface area contributed by atoms with Gasteiger partial charge in [-0.3, -0.25) is 4.79 Å². The van der Waals surface area contributed by atoms with Gasteiger partial charge in [-0.1, -0.05) is 11.6 Å². The molecule has 0 aliphatic carbocycles. The minimum Gasteiger partial charge on any atom is -0.321 e. The van der Waals surface area contributed by atoms with E-state index >= 15 is 0 Å². The van der Waals surface area contributed by atoms with E-state index in [0.29, 0.717) is 5.02 Å². The molecule has 0 radical (unpaired) electrons. The predicted molar refractivity (Wildman–Crippen MR) is 78.4 cm³/mol. The number of benzene rings is 1. The van der Waals surface area contributed by atoms with Gasteiger partial charge in [0.05, 0.1) is 5.69 Å². The average molecular weight is 363 g/mol. The third-order valence-corrected chi connectivity index (χ3v) is 3.85. The Labute approximate surface area is 119 Å². The quantitative estimate of drug-likeness (QED) is 0.627. The van der Waals surface area contributed by atoms with Crippen LogP contribution in [0.2, 0.25) is 5.02 Å². The largest absolute Gasteiger partial charge is 0.321 e. The lowest BCUT2D eigenvalue weighted by Crippen LogP contribution is -2.36. The number of hydrogen-bond donors (Lipinski definition) is 2. The van der Waals surface area contributed by atoms with Crippen molar-refractivity contribution in [3.05, 3.63) is 37.9 Å². The lowest BCUT2D eigenvalue weighted by molar-refractivity contribution is -0.112. The highest BCUT2D eigenvalue weighted by atomic mass is 127. The van der Waals surface area contributed by atoms with Crippen LogP contribution in [-0.4, -0.2) is 19.0 Å². The third kappa shape index (κ3) is 3.00. The first-order chi connectivity index (χ1) is 8.08. The lowest BCUT2D eigenvalue weighted by atomic mass is 10.0. The van der Waals surface area contributed by atoms with Crippen molar-refractivity contribution in [3.8, 4) is 0 Å². The third-order valence-electron chi connectivity index (χ3n) is 2.73. The van der Waals surface area contributed by atoms with Crippen LogP contribution in [0.5, 0.6) is 0 Å². The Morgan fingerprint density at radius 3 is 2.71 bits per heavy atom. The van der Waals surface area contributed by atoms with Crippen LogP contribution < -0.4 is 10.6 Å². The molecule has 1 aliphatic rings. The number of rotatable bonds is 2. The van der Waals surface area contributed by atoms with Crippen molar-refractivity contribution in [3.63, 3.8) is 0 Å². The SMILES string of the molecule is CC(C(=O)Nc1ccc(Cl)cc1I)=C1CNC1. The average Bonchev–Trinajstić information content (AvgIpc) is 2.19. The van der Waals surface area contributed by atoms with Gasteiger partial charge in [0.2, 0.25) is 0 Å². The molecule has 90 valence electrons. The van der Waals surface area contributed by atoms with E-state index in [1.165, 1.54) is 5.57 Å². The standard InChI is InChI=1S/C12H12ClIN2O/c1-7(8-5-15-6-8)12(17)16-11-3-2-9(13)4-10(11)14/h2-4,15H,5-6H2,1H3,(H,16,17). The molecule has 0 atom stereocenters. The summed E-state index contributed by atoms with van der Waals surface area (Å²) >= 11 is 8.02. The zero-order valence-corrected chi connectivity index (χ0v) is 12.2. The molecular formula is C12H12ClIN2O. The smallest absolute Gasteiger partial charge is 0.251 e. The van der Waals surface area contributed by atoms with Crippen LogP contribution >= 0.6 is 34.2 Å². The summed E-state index contributed by atoms with van der Waals surface area (Å²) in [4.78, 5) is 12.0. The van der Waals surface area contributed by atoms with Crippen LogP contribution in [0.25, 0.3) is 0 Å². The summed E-state index contributed by atoms with van der Waals surface area (Å²) in [6, 6.07) is 5.41. The second kappa shape index (κ2) is 5.37. The molecule has 0 aromatic heterocycles. The first-order valence-corrected chi connectivity index (χ1v) is 6.69. The van der Waals surface area contributed by atoms with E-state index in [4.69, 9.17) is 11.6 Å². The molecule has 1 aliphatic heterocycles. The number of nitrogens with one attached hydrogen (secondary N) is 2. The Morgan fingerprint density at radius 1 is 1.47 bits per heavy atom. The monoisotopic (exact) mass is 362 g/mol. The molecule has 1 aromatic rings. The molecule has 0 saturated carbocycles. The van der Waals surface area contributed by atoms with Crippen LogP contribution in [0, 0.1) is 3.57 Å². The summed E-state index contributed by atoms with van der Waals surface area (Å²) in [6.07, 6.45) is 0. The Balaban J connectivity index is 2.13. The van der Waals surface area contributed by atoms with E-state index in [9.17, 15) is 4.79 Å². The molecule has 0 unspecified atom stereocenters. The van der Waals surface area contributed by atoms with Gasteiger partial charge in [-0.05, 0) is 53.3 Å². The topological polar surface area (TPSA) is 41.1 Å². The van der Waals surface area contributed by atoms with Crippen molar-refractivity contribution in [2.45, 2.75) is 6.92 Å². The summed E-state index contributed by atoms with van der Waals surface area (Å²) < 4.78 is 0.938. The summed E-state index contributed by atoms with van der Waals surface area (Å²) in [5.41, 5.74) is 2.77. The first kappa shape index (κ1) is 12.9. The van der Waals surface area contributed by atoms with Gasteiger partial charge in [-0.2, -0.15) is 0 Å². The molecule has 0 bridgehead atoms. The number of carbonyl (C=O) groups excluding carboxylic acids is 1.